The monoisotopic (exact) mass is 227 g/mol. The van der Waals surface area contributed by atoms with Gasteiger partial charge in [0.1, 0.15) is 0 Å². The zero-order valence-corrected chi connectivity index (χ0v) is 10.2. The molecule has 0 amide bonds. The molecule has 0 radical (unpaired) electrons. The number of ketones is 1. The number of H-pyrrole nitrogens is 1. The minimum absolute atomic E-state index is 0.0561. The average Bonchev–Trinajstić information content (AvgIpc) is 2.77. The van der Waals surface area contributed by atoms with E-state index in [1.54, 1.807) is 0 Å². The zero-order chi connectivity index (χ0) is 12.3. The summed E-state index contributed by atoms with van der Waals surface area (Å²) < 4.78 is 0. The number of hydrogen-bond acceptors (Lipinski definition) is 1. The summed E-state index contributed by atoms with van der Waals surface area (Å²) in [6, 6.07) is 13.2. The van der Waals surface area contributed by atoms with E-state index in [-0.39, 0.29) is 5.78 Å². The van der Waals surface area contributed by atoms with Gasteiger partial charge in [0, 0.05) is 11.3 Å². The molecule has 0 unspecified atom stereocenters. The van der Waals surface area contributed by atoms with Crippen molar-refractivity contribution in [2.75, 3.05) is 0 Å². The molecule has 2 nitrogen and oxygen atoms in total. The SMILES string of the molecule is CC(C)Cc1ccc(C(=O)c2ccccc2)[nH]1. The summed E-state index contributed by atoms with van der Waals surface area (Å²) in [5.74, 6) is 0.647. The Bertz CT molecular complexity index is 497. The molecule has 0 saturated heterocycles. The third-order valence-corrected chi connectivity index (χ3v) is 2.66. The maximum Gasteiger partial charge on any atom is 0.209 e. The second kappa shape index (κ2) is 5.00. The van der Waals surface area contributed by atoms with Crippen LogP contribution in [0.1, 0.15) is 35.6 Å². The van der Waals surface area contributed by atoms with E-state index >= 15 is 0 Å². The first-order chi connectivity index (χ1) is 8.16. The van der Waals surface area contributed by atoms with Crippen LogP contribution in [0.4, 0.5) is 0 Å². The Hall–Kier alpha value is -1.83. The van der Waals surface area contributed by atoms with Gasteiger partial charge in [-0.05, 0) is 24.5 Å². The van der Waals surface area contributed by atoms with Gasteiger partial charge in [0.25, 0.3) is 0 Å². The van der Waals surface area contributed by atoms with Crippen molar-refractivity contribution >= 4 is 5.78 Å². The molecule has 2 heteroatoms. The molecule has 17 heavy (non-hydrogen) atoms. The molecule has 0 fully saturated rings. The van der Waals surface area contributed by atoms with Crippen molar-refractivity contribution in [3.8, 4) is 0 Å². The van der Waals surface area contributed by atoms with Crippen molar-refractivity contribution in [2.45, 2.75) is 20.3 Å². The van der Waals surface area contributed by atoms with Gasteiger partial charge in [-0.1, -0.05) is 44.2 Å². The molecule has 0 spiro atoms. The minimum atomic E-state index is 0.0561. The van der Waals surface area contributed by atoms with Crippen LogP contribution in [-0.2, 0) is 6.42 Å². The van der Waals surface area contributed by atoms with E-state index in [1.165, 1.54) is 0 Å². The number of carbonyl (C=O) groups is 1. The van der Waals surface area contributed by atoms with Crippen molar-refractivity contribution in [1.29, 1.82) is 0 Å². The molecule has 0 aliphatic rings. The lowest BCUT2D eigenvalue weighted by molar-refractivity contribution is 0.103. The number of benzene rings is 1. The lowest BCUT2D eigenvalue weighted by atomic mass is 10.1. The zero-order valence-electron chi connectivity index (χ0n) is 10.2. The molecular weight excluding hydrogens is 210 g/mol. The van der Waals surface area contributed by atoms with Crippen LogP contribution in [0.25, 0.3) is 0 Å². The third-order valence-electron chi connectivity index (χ3n) is 2.66. The van der Waals surface area contributed by atoms with Crippen LogP contribution < -0.4 is 0 Å². The Morgan fingerprint density at radius 1 is 1.12 bits per heavy atom. The lowest BCUT2D eigenvalue weighted by Gasteiger charge is -2.01. The number of rotatable bonds is 4. The van der Waals surface area contributed by atoms with E-state index in [2.05, 4.69) is 18.8 Å². The van der Waals surface area contributed by atoms with E-state index in [9.17, 15) is 4.79 Å². The largest absolute Gasteiger partial charge is 0.356 e. The van der Waals surface area contributed by atoms with Crippen molar-refractivity contribution in [2.24, 2.45) is 5.92 Å². The summed E-state index contributed by atoms with van der Waals surface area (Å²) in [6.45, 7) is 4.33. The second-order valence-corrected chi connectivity index (χ2v) is 4.69. The van der Waals surface area contributed by atoms with Crippen LogP contribution >= 0.6 is 0 Å². The Morgan fingerprint density at radius 2 is 1.82 bits per heavy atom. The predicted octanol–water partition coefficient (Wildman–Crippen LogP) is 3.44. The van der Waals surface area contributed by atoms with Gasteiger partial charge in [-0.15, -0.1) is 0 Å². The number of carbonyl (C=O) groups excluding carboxylic acids is 1. The number of hydrogen-bond donors (Lipinski definition) is 1. The van der Waals surface area contributed by atoms with Crippen molar-refractivity contribution in [3.63, 3.8) is 0 Å². The highest BCUT2D eigenvalue weighted by Gasteiger charge is 2.10. The molecular formula is C15H17NO. The molecule has 2 rings (SSSR count). The van der Waals surface area contributed by atoms with Gasteiger partial charge in [0.15, 0.2) is 0 Å². The van der Waals surface area contributed by atoms with E-state index < -0.39 is 0 Å². The Morgan fingerprint density at radius 3 is 2.47 bits per heavy atom. The molecule has 1 aromatic heterocycles. The Kier molecular flexibility index (Phi) is 3.43. The molecule has 1 heterocycles. The molecule has 88 valence electrons. The fourth-order valence-corrected chi connectivity index (χ4v) is 1.88. The van der Waals surface area contributed by atoms with Crippen LogP contribution in [0.5, 0.6) is 0 Å². The van der Waals surface area contributed by atoms with Gasteiger partial charge >= 0.3 is 0 Å². The fraction of sp³-hybridized carbons (Fsp3) is 0.267. The van der Waals surface area contributed by atoms with Gasteiger partial charge in [-0.2, -0.15) is 0 Å². The van der Waals surface area contributed by atoms with Crippen LogP contribution in [-0.4, -0.2) is 10.8 Å². The minimum Gasteiger partial charge on any atom is -0.356 e. The quantitative estimate of drug-likeness (QED) is 0.797. The average molecular weight is 227 g/mol. The van der Waals surface area contributed by atoms with Crippen LogP contribution in [0.2, 0.25) is 0 Å². The van der Waals surface area contributed by atoms with Gasteiger partial charge in [-0.3, -0.25) is 4.79 Å². The highest BCUT2D eigenvalue weighted by molar-refractivity contribution is 6.07. The highest BCUT2D eigenvalue weighted by atomic mass is 16.1. The van der Waals surface area contributed by atoms with Gasteiger partial charge < -0.3 is 4.98 Å². The molecule has 0 saturated carbocycles. The Labute approximate surface area is 102 Å². The molecule has 0 aliphatic carbocycles. The fourth-order valence-electron chi connectivity index (χ4n) is 1.88. The van der Waals surface area contributed by atoms with E-state index in [4.69, 9.17) is 0 Å². The van der Waals surface area contributed by atoms with Crippen molar-refractivity contribution in [3.05, 3.63) is 59.4 Å². The van der Waals surface area contributed by atoms with Crippen molar-refractivity contribution in [1.82, 2.24) is 4.98 Å². The van der Waals surface area contributed by atoms with Crippen LogP contribution in [0.15, 0.2) is 42.5 Å². The standard InChI is InChI=1S/C15H17NO/c1-11(2)10-13-8-9-14(16-13)15(17)12-6-4-3-5-7-12/h3-9,11,16H,10H2,1-2H3. The first kappa shape index (κ1) is 11.6. The molecule has 0 atom stereocenters. The predicted molar refractivity (Wildman–Crippen MR) is 69.2 cm³/mol. The highest BCUT2D eigenvalue weighted by Crippen LogP contribution is 2.12. The van der Waals surface area contributed by atoms with E-state index in [0.717, 1.165) is 17.7 Å². The van der Waals surface area contributed by atoms with Gasteiger partial charge in [0.05, 0.1) is 5.69 Å². The summed E-state index contributed by atoms with van der Waals surface area (Å²) >= 11 is 0. The first-order valence-corrected chi connectivity index (χ1v) is 5.94. The van der Waals surface area contributed by atoms with Gasteiger partial charge in [-0.25, -0.2) is 0 Å². The topological polar surface area (TPSA) is 32.9 Å². The summed E-state index contributed by atoms with van der Waals surface area (Å²) in [6.07, 6.45) is 0.974. The second-order valence-electron chi connectivity index (χ2n) is 4.69. The van der Waals surface area contributed by atoms with Crippen molar-refractivity contribution < 1.29 is 4.79 Å². The van der Waals surface area contributed by atoms with Crippen LogP contribution in [0, 0.1) is 5.92 Å². The molecule has 1 aromatic carbocycles. The normalized spacial score (nSPS) is 10.8. The lowest BCUT2D eigenvalue weighted by Crippen LogP contribution is -2.02. The number of nitrogens with one attached hydrogen (secondary N) is 1. The molecule has 2 aromatic rings. The van der Waals surface area contributed by atoms with E-state index in [0.29, 0.717) is 11.6 Å². The maximum atomic E-state index is 12.1. The number of aromatic amines is 1. The third kappa shape index (κ3) is 2.84. The maximum absolute atomic E-state index is 12.1. The molecule has 0 aliphatic heterocycles. The first-order valence-electron chi connectivity index (χ1n) is 5.94. The van der Waals surface area contributed by atoms with Crippen LogP contribution in [0.3, 0.4) is 0 Å². The smallest absolute Gasteiger partial charge is 0.209 e. The summed E-state index contributed by atoms with van der Waals surface area (Å²) in [5, 5.41) is 0. The van der Waals surface area contributed by atoms with E-state index in [1.807, 2.05) is 42.5 Å². The van der Waals surface area contributed by atoms with Gasteiger partial charge in [0.2, 0.25) is 5.78 Å². The Balaban J connectivity index is 2.18. The molecule has 0 bridgehead atoms. The summed E-state index contributed by atoms with van der Waals surface area (Å²) in [4.78, 5) is 15.3. The number of aromatic nitrogens is 1. The molecule has 1 N–H and O–H groups in total. The summed E-state index contributed by atoms with van der Waals surface area (Å²) in [5.41, 5.74) is 2.52. The summed E-state index contributed by atoms with van der Waals surface area (Å²) in [7, 11) is 0.